The van der Waals surface area contributed by atoms with Gasteiger partial charge in [-0.3, -0.25) is 4.57 Å². The fraction of sp³-hybridized carbons (Fsp3) is 0.500. The monoisotopic (exact) mass is 310 g/mol. The highest BCUT2D eigenvalue weighted by Gasteiger charge is 2.23. The van der Waals surface area contributed by atoms with E-state index in [1.165, 1.54) is 16.7 Å². The summed E-state index contributed by atoms with van der Waals surface area (Å²) in [5, 5.41) is 0. The van der Waals surface area contributed by atoms with Crippen LogP contribution in [0.5, 0.6) is 0 Å². The van der Waals surface area contributed by atoms with E-state index in [1.807, 2.05) is 6.92 Å². The van der Waals surface area contributed by atoms with E-state index >= 15 is 0 Å². The third-order valence-electron chi connectivity index (χ3n) is 3.94. The molecule has 0 unspecified atom stereocenters. The van der Waals surface area contributed by atoms with Gasteiger partial charge in [-0.15, -0.1) is 0 Å². The van der Waals surface area contributed by atoms with Crippen molar-refractivity contribution in [1.82, 2.24) is 9.29 Å². The molecule has 0 atom stereocenters. The molecule has 0 bridgehead atoms. The van der Waals surface area contributed by atoms with Crippen LogP contribution in [0.4, 0.5) is 0 Å². The Hall–Kier alpha value is -1.60. The minimum atomic E-state index is -3.57. The van der Waals surface area contributed by atoms with Crippen LogP contribution in [0.1, 0.15) is 32.6 Å². The molecular weight excluding hydrogens is 292 g/mol. The number of aryl methyl sites for hydroxylation is 1. The van der Waals surface area contributed by atoms with Crippen LogP contribution in [-0.4, -0.2) is 19.0 Å². The Bertz CT molecular complexity index is 813. The molecular formula is C14H18N2O4S. The van der Waals surface area contributed by atoms with Crippen LogP contribution in [0.25, 0.3) is 11.1 Å². The molecule has 1 N–H and O–H groups in total. The average Bonchev–Trinajstić information content (AvgIpc) is 3.03. The van der Waals surface area contributed by atoms with Crippen molar-refractivity contribution in [3.63, 3.8) is 0 Å². The molecule has 21 heavy (non-hydrogen) atoms. The van der Waals surface area contributed by atoms with Crippen LogP contribution < -0.4 is 10.5 Å². The molecule has 0 amide bonds. The molecule has 0 aliphatic heterocycles. The first kappa shape index (κ1) is 14.3. The van der Waals surface area contributed by atoms with Crippen LogP contribution in [-0.2, 0) is 16.6 Å². The van der Waals surface area contributed by atoms with Gasteiger partial charge in [0.1, 0.15) is 0 Å². The molecule has 1 aromatic carbocycles. The first-order valence-corrected chi connectivity index (χ1v) is 8.65. The number of sulfonamides is 1. The van der Waals surface area contributed by atoms with E-state index < -0.39 is 15.8 Å². The summed E-state index contributed by atoms with van der Waals surface area (Å²) in [4.78, 5) is 11.8. The topological polar surface area (TPSA) is 81.3 Å². The van der Waals surface area contributed by atoms with Crippen LogP contribution in [0.3, 0.4) is 0 Å². The Morgan fingerprint density at radius 1 is 1.33 bits per heavy atom. The van der Waals surface area contributed by atoms with E-state index in [-0.39, 0.29) is 10.9 Å². The van der Waals surface area contributed by atoms with E-state index in [0.29, 0.717) is 17.6 Å². The number of nitrogens with zero attached hydrogens (tertiary/aromatic N) is 1. The van der Waals surface area contributed by atoms with Crippen molar-refractivity contribution in [2.24, 2.45) is 0 Å². The first-order valence-electron chi connectivity index (χ1n) is 7.17. The van der Waals surface area contributed by atoms with Crippen molar-refractivity contribution in [2.75, 3.05) is 0 Å². The van der Waals surface area contributed by atoms with Crippen LogP contribution in [0, 0.1) is 0 Å². The highest BCUT2D eigenvalue weighted by atomic mass is 32.2. The standard InChI is InChI=1S/C14H18N2O4S/c1-2-16-12-8-7-11(9-13(12)20-14(16)17)21(18,19)15-10-5-3-4-6-10/h7-10,15H,2-6H2,1H3. The van der Waals surface area contributed by atoms with Crippen molar-refractivity contribution < 1.29 is 12.8 Å². The summed E-state index contributed by atoms with van der Waals surface area (Å²) in [6.07, 6.45) is 3.87. The molecule has 0 spiro atoms. The van der Waals surface area contributed by atoms with Crippen molar-refractivity contribution in [2.45, 2.75) is 50.1 Å². The van der Waals surface area contributed by atoms with Crippen molar-refractivity contribution >= 4 is 21.1 Å². The highest BCUT2D eigenvalue weighted by Crippen LogP contribution is 2.22. The number of oxazole rings is 1. The Morgan fingerprint density at radius 2 is 2.05 bits per heavy atom. The van der Waals surface area contributed by atoms with E-state index in [4.69, 9.17) is 4.42 Å². The summed E-state index contributed by atoms with van der Waals surface area (Å²) >= 11 is 0. The molecule has 1 aliphatic carbocycles. The third kappa shape index (κ3) is 2.63. The minimum Gasteiger partial charge on any atom is -0.408 e. The van der Waals surface area contributed by atoms with Gasteiger partial charge in [0.25, 0.3) is 0 Å². The smallest absolute Gasteiger partial charge is 0.408 e. The quantitative estimate of drug-likeness (QED) is 0.934. The Labute approximate surface area is 122 Å². The molecule has 114 valence electrons. The number of fused-ring (bicyclic) bond motifs is 1. The van der Waals surface area contributed by atoms with Crippen LogP contribution in [0.2, 0.25) is 0 Å². The normalized spacial score (nSPS) is 16.8. The van der Waals surface area contributed by atoms with Crippen molar-refractivity contribution in [1.29, 1.82) is 0 Å². The number of rotatable bonds is 4. The minimum absolute atomic E-state index is 0.0120. The van der Waals surface area contributed by atoms with E-state index in [1.54, 1.807) is 6.07 Å². The lowest BCUT2D eigenvalue weighted by Crippen LogP contribution is -2.32. The Morgan fingerprint density at radius 3 is 2.71 bits per heavy atom. The van der Waals surface area contributed by atoms with Gasteiger partial charge in [0, 0.05) is 18.7 Å². The number of benzene rings is 1. The fourth-order valence-electron chi connectivity index (χ4n) is 2.84. The van der Waals surface area contributed by atoms with Gasteiger partial charge in [0.2, 0.25) is 10.0 Å². The lowest BCUT2D eigenvalue weighted by Gasteiger charge is -2.12. The van der Waals surface area contributed by atoms with Gasteiger partial charge < -0.3 is 4.42 Å². The zero-order valence-corrected chi connectivity index (χ0v) is 12.6. The molecule has 3 rings (SSSR count). The van der Waals surface area contributed by atoms with Gasteiger partial charge in [-0.05, 0) is 31.9 Å². The van der Waals surface area contributed by atoms with Crippen molar-refractivity contribution in [3.8, 4) is 0 Å². The molecule has 0 radical (unpaired) electrons. The number of hydrogen-bond donors (Lipinski definition) is 1. The second-order valence-corrected chi connectivity index (χ2v) is 7.06. The van der Waals surface area contributed by atoms with Gasteiger partial charge in [-0.25, -0.2) is 17.9 Å². The fourth-order valence-corrected chi connectivity index (χ4v) is 4.16. The summed E-state index contributed by atoms with van der Waals surface area (Å²) in [5.41, 5.74) is 0.915. The second kappa shape index (κ2) is 5.31. The predicted molar refractivity (Wildman–Crippen MR) is 78.7 cm³/mol. The maximum Gasteiger partial charge on any atom is 0.419 e. The zero-order valence-electron chi connectivity index (χ0n) is 11.8. The van der Waals surface area contributed by atoms with E-state index in [2.05, 4.69) is 4.72 Å². The predicted octanol–water partition coefficient (Wildman–Crippen LogP) is 1.84. The first-order chi connectivity index (χ1) is 10.0. The Kier molecular flexibility index (Phi) is 3.62. The Balaban J connectivity index is 1.98. The summed E-state index contributed by atoms with van der Waals surface area (Å²) in [6.45, 7) is 2.32. The molecule has 1 heterocycles. The van der Waals surface area contributed by atoms with Gasteiger partial charge >= 0.3 is 5.76 Å². The average molecular weight is 310 g/mol. The van der Waals surface area contributed by atoms with Gasteiger partial charge in [0.15, 0.2) is 5.58 Å². The molecule has 1 fully saturated rings. The number of nitrogens with one attached hydrogen (secondary N) is 1. The van der Waals surface area contributed by atoms with E-state index in [9.17, 15) is 13.2 Å². The third-order valence-corrected chi connectivity index (χ3v) is 5.46. The summed E-state index contributed by atoms with van der Waals surface area (Å²) in [7, 11) is -3.57. The summed E-state index contributed by atoms with van der Waals surface area (Å²) in [5.74, 6) is -0.467. The molecule has 2 aromatic rings. The number of aromatic nitrogens is 1. The molecule has 1 aromatic heterocycles. The number of hydrogen-bond acceptors (Lipinski definition) is 4. The van der Waals surface area contributed by atoms with Crippen molar-refractivity contribution in [3.05, 3.63) is 28.7 Å². The zero-order chi connectivity index (χ0) is 15.0. The maximum absolute atomic E-state index is 12.4. The summed E-state index contributed by atoms with van der Waals surface area (Å²) in [6, 6.07) is 4.56. The summed E-state index contributed by atoms with van der Waals surface area (Å²) < 4.78 is 34.0. The van der Waals surface area contributed by atoms with Gasteiger partial charge in [0.05, 0.1) is 10.4 Å². The molecule has 7 heteroatoms. The van der Waals surface area contributed by atoms with Gasteiger partial charge in [-0.1, -0.05) is 12.8 Å². The maximum atomic E-state index is 12.4. The largest absolute Gasteiger partial charge is 0.419 e. The van der Waals surface area contributed by atoms with E-state index in [0.717, 1.165) is 25.7 Å². The second-order valence-electron chi connectivity index (χ2n) is 5.34. The van der Waals surface area contributed by atoms with Crippen LogP contribution in [0.15, 0.2) is 32.3 Å². The SMILES string of the molecule is CCn1c(=O)oc2cc(S(=O)(=O)NC3CCCC3)ccc21. The highest BCUT2D eigenvalue weighted by molar-refractivity contribution is 7.89. The lowest BCUT2D eigenvalue weighted by atomic mass is 10.3. The molecule has 6 nitrogen and oxygen atoms in total. The molecule has 1 aliphatic rings. The molecule has 0 saturated heterocycles. The molecule has 1 saturated carbocycles. The van der Waals surface area contributed by atoms with Crippen LogP contribution >= 0.6 is 0 Å². The lowest BCUT2D eigenvalue weighted by molar-refractivity contribution is 0.512. The van der Waals surface area contributed by atoms with Gasteiger partial charge in [-0.2, -0.15) is 0 Å².